The minimum absolute atomic E-state index is 0.0295. The number of aromatic amines is 1. The number of nitrogens with zero attached hydrogens (tertiary/aromatic N) is 2. The summed E-state index contributed by atoms with van der Waals surface area (Å²) in [6.45, 7) is 5.91. The summed E-state index contributed by atoms with van der Waals surface area (Å²) in [5.74, 6) is 0.0656. The van der Waals surface area contributed by atoms with Gasteiger partial charge in [0.25, 0.3) is 0 Å². The number of carboxylic acid groups (broad SMARTS) is 1. The van der Waals surface area contributed by atoms with E-state index >= 15 is 0 Å². The molecular weight excluding hydrogens is 230 g/mol. The zero-order valence-electron chi connectivity index (χ0n) is 10.6. The van der Waals surface area contributed by atoms with Crippen LogP contribution in [0.3, 0.4) is 0 Å². The first-order chi connectivity index (χ1) is 8.65. The summed E-state index contributed by atoms with van der Waals surface area (Å²) in [4.78, 5) is 20.4. The summed E-state index contributed by atoms with van der Waals surface area (Å²) in [6, 6.07) is 1.96. The van der Waals surface area contributed by atoms with Gasteiger partial charge in [-0.15, -0.1) is 0 Å². The van der Waals surface area contributed by atoms with Crippen LogP contribution in [0.5, 0.6) is 0 Å². The molecule has 2 heterocycles. The van der Waals surface area contributed by atoms with Crippen LogP contribution in [0.2, 0.25) is 0 Å². The molecule has 2 aromatic rings. The monoisotopic (exact) mass is 247 g/mol. The molecule has 0 aliphatic rings. The van der Waals surface area contributed by atoms with Crippen LogP contribution < -0.4 is 4.90 Å². The Morgan fingerprint density at radius 3 is 2.78 bits per heavy atom. The van der Waals surface area contributed by atoms with Crippen molar-refractivity contribution in [3.8, 4) is 0 Å². The van der Waals surface area contributed by atoms with Gasteiger partial charge in [0.15, 0.2) is 0 Å². The highest BCUT2D eigenvalue weighted by Crippen LogP contribution is 2.22. The fraction of sp³-hybridized carbons (Fsp3) is 0.385. The second kappa shape index (κ2) is 5.08. The molecule has 0 radical (unpaired) electrons. The number of aliphatic carboxylic acids is 1. The largest absolute Gasteiger partial charge is 0.481 e. The summed E-state index contributed by atoms with van der Waals surface area (Å²) in [5, 5.41) is 9.81. The summed E-state index contributed by atoms with van der Waals surface area (Å²) in [6.07, 6.45) is 3.53. The molecule has 0 amide bonds. The maximum atomic E-state index is 10.8. The number of rotatable bonds is 5. The lowest BCUT2D eigenvalue weighted by atomic mass is 10.1. The lowest BCUT2D eigenvalue weighted by molar-refractivity contribution is -0.136. The van der Waals surface area contributed by atoms with Crippen molar-refractivity contribution in [1.29, 1.82) is 0 Å². The molecule has 5 nitrogen and oxygen atoms in total. The lowest BCUT2D eigenvalue weighted by Gasteiger charge is -2.19. The lowest BCUT2D eigenvalue weighted by Crippen LogP contribution is -2.22. The second-order valence-corrected chi connectivity index (χ2v) is 4.14. The Morgan fingerprint density at radius 1 is 1.44 bits per heavy atom. The van der Waals surface area contributed by atoms with Gasteiger partial charge in [-0.3, -0.25) is 4.79 Å². The Kier molecular flexibility index (Phi) is 3.50. The highest BCUT2D eigenvalue weighted by molar-refractivity contribution is 5.88. The number of fused-ring (bicyclic) bond motifs is 1. The van der Waals surface area contributed by atoms with Gasteiger partial charge in [0, 0.05) is 24.7 Å². The first-order valence-electron chi connectivity index (χ1n) is 6.08. The Bertz CT molecular complexity index is 558. The third-order valence-electron chi connectivity index (χ3n) is 3.07. The van der Waals surface area contributed by atoms with Gasteiger partial charge in [0.05, 0.1) is 18.1 Å². The van der Waals surface area contributed by atoms with E-state index in [1.807, 2.05) is 6.07 Å². The van der Waals surface area contributed by atoms with Gasteiger partial charge < -0.3 is 15.0 Å². The van der Waals surface area contributed by atoms with Gasteiger partial charge in [-0.2, -0.15) is 0 Å². The first-order valence-corrected chi connectivity index (χ1v) is 6.08. The highest BCUT2D eigenvalue weighted by Gasteiger charge is 2.10. The van der Waals surface area contributed by atoms with Crippen molar-refractivity contribution >= 4 is 22.7 Å². The van der Waals surface area contributed by atoms with Crippen molar-refractivity contribution < 1.29 is 9.90 Å². The topological polar surface area (TPSA) is 69.2 Å². The molecule has 0 spiro atoms. The molecule has 0 bridgehead atoms. The third kappa shape index (κ3) is 2.30. The van der Waals surface area contributed by atoms with E-state index in [2.05, 4.69) is 28.7 Å². The predicted molar refractivity (Wildman–Crippen MR) is 71.0 cm³/mol. The fourth-order valence-corrected chi connectivity index (χ4v) is 2.10. The molecule has 0 aromatic carbocycles. The van der Waals surface area contributed by atoms with Crippen LogP contribution in [0.1, 0.15) is 19.4 Å². The molecular formula is C13H17N3O2. The molecule has 5 heteroatoms. The van der Waals surface area contributed by atoms with Crippen LogP contribution in [0, 0.1) is 0 Å². The molecule has 0 fully saturated rings. The summed E-state index contributed by atoms with van der Waals surface area (Å²) < 4.78 is 0. The normalized spacial score (nSPS) is 10.8. The molecule has 96 valence electrons. The van der Waals surface area contributed by atoms with Gasteiger partial charge >= 0.3 is 5.97 Å². The zero-order valence-corrected chi connectivity index (χ0v) is 10.6. The van der Waals surface area contributed by atoms with Gasteiger partial charge in [0.2, 0.25) is 0 Å². The van der Waals surface area contributed by atoms with E-state index in [1.54, 1.807) is 12.4 Å². The van der Waals surface area contributed by atoms with E-state index in [9.17, 15) is 4.79 Å². The molecule has 0 unspecified atom stereocenters. The summed E-state index contributed by atoms with van der Waals surface area (Å²) in [7, 11) is 0. The molecule has 0 saturated heterocycles. The van der Waals surface area contributed by atoms with Crippen molar-refractivity contribution in [3.63, 3.8) is 0 Å². The fourth-order valence-electron chi connectivity index (χ4n) is 2.10. The van der Waals surface area contributed by atoms with Crippen LogP contribution in [0.15, 0.2) is 18.5 Å². The summed E-state index contributed by atoms with van der Waals surface area (Å²) >= 11 is 0. The molecule has 2 N–H and O–H groups in total. The van der Waals surface area contributed by atoms with Crippen molar-refractivity contribution in [3.05, 3.63) is 24.0 Å². The average molecular weight is 247 g/mol. The average Bonchev–Trinajstić information content (AvgIpc) is 2.73. The number of hydrogen-bond acceptors (Lipinski definition) is 3. The Hall–Kier alpha value is -2.04. The van der Waals surface area contributed by atoms with Gasteiger partial charge in [-0.1, -0.05) is 0 Å². The van der Waals surface area contributed by atoms with E-state index in [0.29, 0.717) is 0 Å². The van der Waals surface area contributed by atoms with E-state index in [4.69, 9.17) is 5.11 Å². The van der Waals surface area contributed by atoms with Crippen LogP contribution in [0.4, 0.5) is 5.82 Å². The number of anilines is 1. The maximum absolute atomic E-state index is 10.8. The van der Waals surface area contributed by atoms with Crippen LogP contribution >= 0.6 is 0 Å². The van der Waals surface area contributed by atoms with Crippen molar-refractivity contribution in [1.82, 2.24) is 9.97 Å². The minimum Gasteiger partial charge on any atom is -0.481 e. The Labute approximate surface area is 105 Å². The zero-order chi connectivity index (χ0) is 13.1. The quantitative estimate of drug-likeness (QED) is 0.848. The van der Waals surface area contributed by atoms with Gasteiger partial charge in [-0.25, -0.2) is 4.98 Å². The number of hydrogen-bond donors (Lipinski definition) is 2. The SMILES string of the molecule is CCN(CC)c1cc2c(CC(=O)O)c[nH]c2cn1. The van der Waals surface area contributed by atoms with E-state index in [-0.39, 0.29) is 6.42 Å². The smallest absolute Gasteiger partial charge is 0.307 e. The van der Waals surface area contributed by atoms with Crippen LogP contribution in [-0.4, -0.2) is 34.1 Å². The molecule has 0 atom stereocenters. The number of pyridine rings is 1. The van der Waals surface area contributed by atoms with E-state index in [0.717, 1.165) is 35.4 Å². The number of nitrogens with one attached hydrogen (secondary N) is 1. The van der Waals surface area contributed by atoms with Crippen molar-refractivity contribution in [2.24, 2.45) is 0 Å². The Morgan fingerprint density at radius 2 is 2.17 bits per heavy atom. The van der Waals surface area contributed by atoms with Crippen LogP contribution in [0.25, 0.3) is 10.9 Å². The predicted octanol–water partition coefficient (Wildman–Crippen LogP) is 2.04. The standard InChI is InChI=1S/C13H17N3O2/c1-3-16(4-2)12-6-10-9(5-13(17)18)7-14-11(10)8-15-12/h6-8,14H,3-5H2,1-2H3,(H,17,18). The van der Waals surface area contributed by atoms with E-state index < -0.39 is 5.97 Å². The number of H-pyrrole nitrogens is 1. The number of carbonyl (C=O) groups is 1. The van der Waals surface area contributed by atoms with Gasteiger partial charge in [0.1, 0.15) is 5.82 Å². The molecule has 0 aliphatic carbocycles. The number of aromatic nitrogens is 2. The van der Waals surface area contributed by atoms with Crippen molar-refractivity contribution in [2.75, 3.05) is 18.0 Å². The first kappa shape index (κ1) is 12.4. The maximum Gasteiger partial charge on any atom is 0.307 e. The Balaban J connectivity index is 2.44. The molecule has 2 rings (SSSR count). The molecule has 0 aliphatic heterocycles. The molecule has 2 aromatic heterocycles. The van der Waals surface area contributed by atoms with E-state index in [1.165, 1.54) is 0 Å². The second-order valence-electron chi connectivity index (χ2n) is 4.14. The van der Waals surface area contributed by atoms with Crippen LogP contribution in [-0.2, 0) is 11.2 Å². The molecule has 0 saturated carbocycles. The third-order valence-corrected chi connectivity index (χ3v) is 3.07. The minimum atomic E-state index is -0.822. The summed E-state index contributed by atoms with van der Waals surface area (Å²) in [5.41, 5.74) is 1.68. The molecule has 18 heavy (non-hydrogen) atoms. The highest BCUT2D eigenvalue weighted by atomic mass is 16.4. The number of carboxylic acids is 1. The van der Waals surface area contributed by atoms with Crippen molar-refractivity contribution in [2.45, 2.75) is 20.3 Å². The van der Waals surface area contributed by atoms with Gasteiger partial charge in [-0.05, 0) is 25.5 Å².